The van der Waals surface area contributed by atoms with Gasteiger partial charge in [0.1, 0.15) is 12.1 Å². The van der Waals surface area contributed by atoms with Gasteiger partial charge in [-0.15, -0.1) is 0 Å². The van der Waals surface area contributed by atoms with Crippen molar-refractivity contribution in [2.45, 2.75) is 0 Å². The average molecular weight is 296 g/mol. The number of H-pyrrole nitrogens is 1. The molecule has 1 aliphatic heterocycles. The number of benzene rings is 1. The molecule has 3 aromatic rings. The molecular weight excluding hydrogens is 280 g/mol. The Morgan fingerprint density at radius 2 is 2.00 bits per heavy atom. The molecule has 3 heterocycles. The molecule has 1 aliphatic rings. The number of nitrogens with one attached hydrogen (secondary N) is 2. The van der Waals surface area contributed by atoms with E-state index in [0.717, 1.165) is 54.5 Å². The van der Waals surface area contributed by atoms with E-state index in [0.29, 0.717) is 0 Å². The lowest BCUT2D eigenvalue weighted by molar-refractivity contribution is 0.123. The van der Waals surface area contributed by atoms with Gasteiger partial charge in [-0.3, -0.25) is 5.10 Å². The largest absolute Gasteiger partial charge is 0.378 e. The second-order valence-electron chi connectivity index (χ2n) is 5.10. The fourth-order valence-electron chi connectivity index (χ4n) is 2.65. The SMILES string of the molecule is c1ccc(N2CCOCC2)c(Nc2ncnc3[nH]ncc23)c1. The Balaban J connectivity index is 1.69. The van der Waals surface area contributed by atoms with Gasteiger partial charge in [0.25, 0.3) is 0 Å². The van der Waals surface area contributed by atoms with Gasteiger partial charge in [0.2, 0.25) is 0 Å². The van der Waals surface area contributed by atoms with Crippen LogP contribution in [0.2, 0.25) is 0 Å². The molecule has 2 aromatic heterocycles. The molecule has 0 aliphatic carbocycles. The molecule has 22 heavy (non-hydrogen) atoms. The highest BCUT2D eigenvalue weighted by Gasteiger charge is 2.15. The number of aromatic amines is 1. The summed E-state index contributed by atoms with van der Waals surface area (Å²) in [7, 11) is 0. The standard InChI is InChI=1S/C15H16N6O/c1-2-4-13(21-5-7-22-8-6-21)12(3-1)19-14-11-9-18-20-15(11)17-10-16-14/h1-4,9-10H,5-8H2,(H2,16,17,18,19,20). The van der Waals surface area contributed by atoms with Gasteiger partial charge in [-0.1, -0.05) is 12.1 Å². The van der Waals surface area contributed by atoms with Crippen LogP contribution in [0.4, 0.5) is 17.2 Å². The Hall–Kier alpha value is -2.67. The first-order chi connectivity index (χ1) is 10.9. The predicted octanol–water partition coefficient (Wildman–Crippen LogP) is 1.93. The normalized spacial score (nSPS) is 15.2. The molecule has 0 bridgehead atoms. The van der Waals surface area contributed by atoms with Gasteiger partial charge >= 0.3 is 0 Å². The fraction of sp³-hybridized carbons (Fsp3) is 0.267. The van der Waals surface area contributed by atoms with Gasteiger partial charge in [-0.05, 0) is 12.1 Å². The van der Waals surface area contributed by atoms with E-state index in [-0.39, 0.29) is 0 Å². The number of fused-ring (bicyclic) bond motifs is 1. The lowest BCUT2D eigenvalue weighted by Crippen LogP contribution is -2.36. The highest BCUT2D eigenvalue weighted by atomic mass is 16.5. The molecule has 1 saturated heterocycles. The van der Waals surface area contributed by atoms with E-state index in [9.17, 15) is 0 Å². The second kappa shape index (κ2) is 5.61. The van der Waals surface area contributed by atoms with Crippen molar-refractivity contribution in [2.24, 2.45) is 0 Å². The minimum Gasteiger partial charge on any atom is -0.378 e. The van der Waals surface area contributed by atoms with Gasteiger partial charge in [0.15, 0.2) is 5.65 Å². The van der Waals surface area contributed by atoms with E-state index >= 15 is 0 Å². The molecule has 1 fully saturated rings. The highest BCUT2D eigenvalue weighted by molar-refractivity contribution is 5.89. The Morgan fingerprint density at radius 1 is 1.14 bits per heavy atom. The zero-order valence-electron chi connectivity index (χ0n) is 12.0. The Bertz CT molecular complexity index is 780. The van der Waals surface area contributed by atoms with Crippen LogP contribution in [0.3, 0.4) is 0 Å². The lowest BCUT2D eigenvalue weighted by Gasteiger charge is -2.30. The summed E-state index contributed by atoms with van der Waals surface area (Å²) in [5, 5.41) is 11.2. The van der Waals surface area contributed by atoms with Crippen molar-refractivity contribution in [3.8, 4) is 0 Å². The summed E-state index contributed by atoms with van der Waals surface area (Å²) in [6, 6.07) is 8.23. The van der Waals surface area contributed by atoms with E-state index in [1.807, 2.05) is 12.1 Å². The topological polar surface area (TPSA) is 79.0 Å². The van der Waals surface area contributed by atoms with Crippen molar-refractivity contribution in [1.82, 2.24) is 20.2 Å². The third kappa shape index (κ3) is 2.35. The third-order valence-electron chi connectivity index (χ3n) is 3.76. The van der Waals surface area contributed by atoms with Gasteiger partial charge in [-0.25, -0.2) is 9.97 Å². The number of para-hydroxylation sites is 2. The van der Waals surface area contributed by atoms with E-state index in [1.165, 1.54) is 6.33 Å². The van der Waals surface area contributed by atoms with Crippen molar-refractivity contribution in [3.05, 3.63) is 36.8 Å². The second-order valence-corrected chi connectivity index (χ2v) is 5.10. The van der Waals surface area contributed by atoms with Gasteiger partial charge in [0, 0.05) is 13.1 Å². The van der Waals surface area contributed by atoms with Gasteiger partial charge in [0.05, 0.1) is 36.2 Å². The summed E-state index contributed by atoms with van der Waals surface area (Å²) >= 11 is 0. The number of hydrogen-bond acceptors (Lipinski definition) is 6. The number of aromatic nitrogens is 4. The maximum Gasteiger partial charge on any atom is 0.160 e. The molecule has 4 rings (SSSR count). The van der Waals surface area contributed by atoms with Crippen LogP contribution in [-0.4, -0.2) is 46.5 Å². The van der Waals surface area contributed by atoms with Crippen LogP contribution in [0, 0.1) is 0 Å². The van der Waals surface area contributed by atoms with E-state index in [1.54, 1.807) is 6.20 Å². The van der Waals surface area contributed by atoms with Crippen molar-refractivity contribution in [2.75, 3.05) is 36.5 Å². The first-order valence-corrected chi connectivity index (χ1v) is 7.24. The molecule has 0 spiro atoms. The number of anilines is 3. The summed E-state index contributed by atoms with van der Waals surface area (Å²) < 4.78 is 5.43. The molecule has 0 unspecified atom stereocenters. The number of nitrogens with zero attached hydrogens (tertiary/aromatic N) is 4. The minimum atomic E-state index is 0.723. The van der Waals surface area contributed by atoms with Crippen LogP contribution >= 0.6 is 0 Å². The minimum absolute atomic E-state index is 0.723. The number of ether oxygens (including phenoxy) is 1. The fourth-order valence-corrected chi connectivity index (χ4v) is 2.65. The summed E-state index contributed by atoms with van der Waals surface area (Å²) in [5.74, 6) is 0.749. The lowest BCUT2D eigenvalue weighted by atomic mass is 10.2. The maximum absolute atomic E-state index is 5.43. The predicted molar refractivity (Wildman–Crippen MR) is 84.4 cm³/mol. The summed E-state index contributed by atoms with van der Waals surface area (Å²) in [4.78, 5) is 10.8. The quantitative estimate of drug-likeness (QED) is 0.769. The van der Waals surface area contributed by atoms with Crippen LogP contribution in [-0.2, 0) is 4.74 Å². The maximum atomic E-state index is 5.43. The molecule has 0 saturated carbocycles. The third-order valence-corrected chi connectivity index (χ3v) is 3.76. The van der Waals surface area contributed by atoms with Crippen molar-refractivity contribution < 1.29 is 4.74 Å². The van der Waals surface area contributed by atoms with Crippen LogP contribution in [0.5, 0.6) is 0 Å². The molecule has 0 atom stereocenters. The van der Waals surface area contributed by atoms with E-state index in [2.05, 4.69) is 42.5 Å². The van der Waals surface area contributed by atoms with Crippen molar-refractivity contribution >= 4 is 28.2 Å². The molecule has 0 radical (unpaired) electrons. The summed E-state index contributed by atoms with van der Waals surface area (Å²) in [6.07, 6.45) is 3.26. The van der Waals surface area contributed by atoms with E-state index < -0.39 is 0 Å². The highest BCUT2D eigenvalue weighted by Crippen LogP contribution is 2.30. The van der Waals surface area contributed by atoms with Crippen LogP contribution in [0.1, 0.15) is 0 Å². The Labute approximate surface area is 127 Å². The molecule has 2 N–H and O–H groups in total. The van der Waals surface area contributed by atoms with Crippen LogP contribution in [0.25, 0.3) is 11.0 Å². The zero-order chi connectivity index (χ0) is 14.8. The van der Waals surface area contributed by atoms with Gasteiger partial charge in [-0.2, -0.15) is 5.10 Å². The summed E-state index contributed by atoms with van der Waals surface area (Å²) in [6.45, 7) is 3.30. The number of rotatable bonds is 3. The first-order valence-electron chi connectivity index (χ1n) is 7.24. The monoisotopic (exact) mass is 296 g/mol. The Kier molecular flexibility index (Phi) is 3.32. The average Bonchev–Trinajstić information content (AvgIpc) is 3.06. The Morgan fingerprint density at radius 3 is 2.91 bits per heavy atom. The molecule has 0 amide bonds. The number of hydrogen-bond donors (Lipinski definition) is 2. The number of morpholine rings is 1. The smallest absolute Gasteiger partial charge is 0.160 e. The van der Waals surface area contributed by atoms with E-state index in [4.69, 9.17) is 4.74 Å². The molecule has 1 aromatic carbocycles. The molecular formula is C15H16N6O. The first kappa shape index (κ1) is 13.0. The van der Waals surface area contributed by atoms with Crippen LogP contribution in [0.15, 0.2) is 36.8 Å². The van der Waals surface area contributed by atoms with Crippen molar-refractivity contribution in [1.29, 1.82) is 0 Å². The van der Waals surface area contributed by atoms with Crippen molar-refractivity contribution in [3.63, 3.8) is 0 Å². The molecule has 7 heteroatoms. The van der Waals surface area contributed by atoms with Crippen LogP contribution < -0.4 is 10.2 Å². The zero-order valence-corrected chi connectivity index (χ0v) is 12.0. The summed E-state index contributed by atoms with van der Waals surface area (Å²) in [5.41, 5.74) is 2.90. The molecule has 7 nitrogen and oxygen atoms in total. The van der Waals surface area contributed by atoms with Gasteiger partial charge < -0.3 is 15.0 Å². The molecule has 112 valence electrons.